The van der Waals surface area contributed by atoms with Gasteiger partial charge in [-0.15, -0.1) is 5.11 Å². The van der Waals surface area contributed by atoms with Gasteiger partial charge in [0.15, 0.2) is 5.75 Å². The average Bonchev–Trinajstić information content (AvgIpc) is 2.88. The minimum Gasteiger partial charge on any atom is -0.505 e. The molecule has 0 aliphatic rings. The first kappa shape index (κ1) is 28.3. The number of carbonyl (C=O) groups excluding carboxylic acids is 1. The lowest BCUT2D eigenvalue weighted by Crippen LogP contribution is -2.12. The molecule has 0 aromatic heterocycles. The molecule has 0 saturated heterocycles. The molecule has 0 radical (unpaired) electrons. The number of anilines is 1. The molecule has 4 aromatic carbocycles. The number of ether oxygens (including phenoxy) is 1. The zero-order valence-corrected chi connectivity index (χ0v) is 23.1. The van der Waals surface area contributed by atoms with Gasteiger partial charge in [0, 0.05) is 11.5 Å². The molecule has 0 atom stereocenters. The summed E-state index contributed by atoms with van der Waals surface area (Å²) in [7, 11) is -4.54. The van der Waals surface area contributed by atoms with Gasteiger partial charge in [0.25, 0.3) is 16.0 Å². The van der Waals surface area contributed by atoms with E-state index in [9.17, 15) is 22.9 Å². The predicted molar refractivity (Wildman–Crippen MR) is 151 cm³/mol. The lowest BCUT2D eigenvalue weighted by Gasteiger charge is -2.13. The summed E-state index contributed by atoms with van der Waals surface area (Å²) in [6, 6.07) is 15.8. The number of nitrogens with one attached hydrogen (secondary N) is 1. The Balaban J connectivity index is 1.77. The maximum atomic E-state index is 13.2. The number of phenols is 1. The van der Waals surface area contributed by atoms with E-state index >= 15 is 0 Å². The molecule has 0 aliphatic heterocycles. The van der Waals surface area contributed by atoms with Crippen LogP contribution in [0.5, 0.6) is 11.5 Å². The molecule has 1 amide bonds. The number of amides is 1. The first-order chi connectivity index (χ1) is 18.5. The van der Waals surface area contributed by atoms with E-state index in [2.05, 4.69) is 15.5 Å². The molecular weight excluding hydrogens is 565 g/mol. The van der Waals surface area contributed by atoms with Gasteiger partial charge in [-0.3, -0.25) is 9.35 Å². The fourth-order valence-electron chi connectivity index (χ4n) is 3.96. The lowest BCUT2D eigenvalue weighted by atomic mass is 10.0. The Morgan fingerprint density at radius 3 is 2.44 bits per heavy atom. The molecule has 39 heavy (non-hydrogen) atoms. The van der Waals surface area contributed by atoms with E-state index in [1.165, 1.54) is 12.1 Å². The summed E-state index contributed by atoms with van der Waals surface area (Å²) < 4.78 is 38.1. The van der Waals surface area contributed by atoms with E-state index in [0.29, 0.717) is 34.4 Å². The van der Waals surface area contributed by atoms with Gasteiger partial charge in [0.05, 0.1) is 33.6 Å². The number of rotatable bonds is 8. The highest BCUT2D eigenvalue weighted by Gasteiger charge is 2.21. The molecule has 3 N–H and O–H groups in total. The van der Waals surface area contributed by atoms with Gasteiger partial charge in [0.2, 0.25) is 0 Å². The number of nitrogens with zero attached hydrogens (tertiary/aromatic N) is 2. The Morgan fingerprint density at radius 1 is 1.03 bits per heavy atom. The van der Waals surface area contributed by atoms with Gasteiger partial charge in [-0.1, -0.05) is 54.4 Å². The SMILES string of the molecule is CCOc1ccc(NC(=O)c2cc3ccccc3c(N=Nc3ccc(S(=O)(=O)O)c(Cl)c3CC)c2O)c(Cl)c1. The van der Waals surface area contributed by atoms with Crippen molar-refractivity contribution >= 4 is 67.1 Å². The largest absolute Gasteiger partial charge is 0.505 e. The smallest absolute Gasteiger partial charge is 0.296 e. The highest BCUT2D eigenvalue weighted by atomic mass is 35.5. The number of fused-ring (bicyclic) bond motifs is 1. The lowest BCUT2D eigenvalue weighted by molar-refractivity contribution is 0.102. The van der Waals surface area contributed by atoms with Crippen LogP contribution in [0.4, 0.5) is 17.1 Å². The average molecular weight is 588 g/mol. The molecule has 0 bridgehead atoms. The monoisotopic (exact) mass is 587 g/mol. The standard InChI is InChI=1S/C27H23Cl2N3O6S/c1-3-17-21(11-12-23(24(17)29)39(35,36)37)31-32-25-18-8-6-5-7-15(18)13-19(26(25)33)27(34)30-22-10-9-16(38-4-2)14-20(22)28/h5-14,33H,3-4H2,1-2H3,(H,30,34)(H,35,36,37). The van der Waals surface area contributed by atoms with Crippen molar-refractivity contribution in [3.8, 4) is 11.5 Å². The second kappa shape index (κ2) is 11.6. The van der Waals surface area contributed by atoms with Gasteiger partial charge in [-0.25, -0.2) is 0 Å². The number of azo groups is 1. The number of hydrogen-bond donors (Lipinski definition) is 3. The number of aromatic hydroxyl groups is 1. The summed E-state index contributed by atoms with van der Waals surface area (Å²) in [5, 5.41) is 23.5. The fraction of sp³-hybridized carbons (Fsp3) is 0.148. The summed E-state index contributed by atoms with van der Waals surface area (Å²) in [6.45, 7) is 4.03. The van der Waals surface area contributed by atoms with Crippen molar-refractivity contribution < 1.29 is 27.6 Å². The Labute approximate surface area is 234 Å². The van der Waals surface area contributed by atoms with E-state index in [1.54, 1.807) is 49.4 Å². The highest BCUT2D eigenvalue weighted by molar-refractivity contribution is 7.86. The Kier molecular flexibility index (Phi) is 8.41. The minimum atomic E-state index is -4.54. The Bertz CT molecular complexity index is 1720. The van der Waals surface area contributed by atoms with Crippen molar-refractivity contribution in [3.63, 3.8) is 0 Å². The van der Waals surface area contributed by atoms with Gasteiger partial charge in [-0.2, -0.15) is 13.5 Å². The third-order valence-electron chi connectivity index (χ3n) is 5.81. The van der Waals surface area contributed by atoms with Crippen molar-refractivity contribution in [2.45, 2.75) is 25.2 Å². The first-order valence-corrected chi connectivity index (χ1v) is 13.9. The van der Waals surface area contributed by atoms with Crippen molar-refractivity contribution in [2.75, 3.05) is 11.9 Å². The van der Waals surface area contributed by atoms with Crippen LogP contribution in [0.2, 0.25) is 10.0 Å². The van der Waals surface area contributed by atoms with E-state index in [1.807, 2.05) is 6.92 Å². The molecule has 4 rings (SSSR count). The normalized spacial score (nSPS) is 11.7. The van der Waals surface area contributed by atoms with Gasteiger partial charge < -0.3 is 15.2 Å². The van der Waals surface area contributed by atoms with E-state index in [4.69, 9.17) is 27.9 Å². The van der Waals surface area contributed by atoms with Crippen LogP contribution < -0.4 is 10.1 Å². The molecule has 12 heteroatoms. The number of halogens is 2. The number of benzene rings is 4. The molecule has 0 unspecified atom stereocenters. The van der Waals surface area contributed by atoms with Crippen LogP contribution in [0, 0.1) is 0 Å². The maximum absolute atomic E-state index is 13.2. The Hall–Kier alpha value is -3.70. The van der Waals surface area contributed by atoms with Crippen molar-refractivity contribution in [1.29, 1.82) is 0 Å². The van der Waals surface area contributed by atoms with Crippen LogP contribution in [0.3, 0.4) is 0 Å². The van der Waals surface area contributed by atoms with E-state index < -0.39 is 26.7 Å². The zero-order valence-electron chi connectivity index (χ0n) is 20.8. The molecule has 0 spiro atoms. The second-order valence-electron chi connectivity index (χ2n) is 8.28. The van der Waals surface area contributed by atoms with Gasteiger partial charge in [-0.05, 0) is 54.6 Å². The quantitative estimate of drug-likeness (QED) is 0.142. The summed E-state index contributed by atoms with van der Waals surface area (Å²) >= 11 is 12.5. The first-order valence-electron chi connectivity index (χ1n) is 11.7. The summed E-state index contributed by atoms with van der Waals surface area (Å²) in [5.74, 6) is -0.501. The molecule has 4 aromatic rings. The minimum absolute atomic E-state index is 0.0214. The van der Waals surface area contributed by atoms with E-state index in [0.717, 1.165) is 6.07 Å². The molecule has 9 nitrogen and oxygen atoms in total. The fourth-order valence-corrected chi connectivity index (χ4v) is 5.35. The molecule has 0 heterocycles. The number of hydrogen-bond acceptors (Lipinski definition) is 7. The van der Waals surface area contributed by atoms with Crippen LogP contribution in [-0.4, -0.2) is 30.6 Å². The van der Waals surface area contributed by atoms with Gasteiger partial charge >= 0.3 is 0 Å². The zero-order chi connectivity index (χ0) is 28.3. The van der Waals surface area contributed by atoms with Crippen LogP contribution >= 0.6 is 23.2 Å². The third kappa shape index (κ3) is 5.99. The van der Waals surface area contributed by atoms with Crippen molar-refractivity contribution in [3.05, 3.63) is 81.8 Å². The summed E-state index contributed by atoms with van der Waals surface area (Å²) in [6.07, 6.45) is 0.286. The molecule has 0 aliphatic carbocycles. The van der Waals surface area contributed by atoms with Gasteiger partial charge in [0.1, 0.15) is 16.3 Å². The van der Waals surface area contributed by atoms with Crippen LogP contribution in [-0.2, 0) is 16.5 Å². The van der Waals surface area contributed by atoms with Crippen LogP contribution in [0.1, 0.15) is 29.8 Å². The topological polar surface area (TPSA) is 138 Å². The molecule has 202 valence electrons. The van der Waals surface area contributed by atoms with E-state index in [-0.39, 0.29) is 33.4 Å². The highest BCUT2D eigenvalue weighted by Crippen LogP contribution is 2.41. The maximum Gasteiger partial charge on any atom is 0.296 e. The summed E-state index contributed by atoms with van der Waals surface area (Å²) in [4.78, 5) is 12.8. The van der Waals surface area contributed by atoms with Crippen molar-refractivity contribution in [2.24, 2.45) is 10.2 Å². The predicted octanol–water partition coefficient (Wildman–Crippen LogP) is 7.73. The third-order valence-corrected chi connectivity index (χ3v) is 7.56. The number of phenolic OH excluding ortho intramolecular Hbond substituents is 1. The molecule has 0 fully saturated rings. The van der Waals surface area contributed by atoms with Crippen LogP contribution in [0.25, 0.3) is 10.8 Å². The molecular formula is C27H23Cl2N3O6S. The Morgan fingerprint density at radius 2 is 1.77 bits per heavy atom. The second-order valence-corrected chi connectivity index (χ2v) is 10.5. The van der Waals surface area contributed by atoms with Crippen LogP contribution in [0.15, 0.2) is 75.8 Å². The number of carbonyl (C=O) groups is 1. The summed E-state index contributed by atoms with van der Waals surface area (Å²) in [5.41, 5.74) is 0.839. The van der Waals surface area contributed by atoms with Crippen molar-refractivity contribution in [1.82, 2.24) is 0 Å². The molecule has 0 saturated carbocycles.